The zero-order valence-electron chi connectivity index (χ0n) is 15.3. The van der Waals surface area contributed by atoms with Crippen molar-refractivity contribution in [3.8, 4) is 0 Å². The Bertz CT molecular complexity index is 585. The summed E-state index contributed by atoms with van der Waals surface area (Å²) in [6, 6.07) is 2.61. The molecule has 0 spiro atoms. The molecule has 5 heteroatoms. The lowest BCUT2D eigenvalue weighted by atomic mass is 9.45. The van der Waals surface area contributed by atoms with Gasteiger partial charge in [-0.3, -0.25) is 0 Å². The molecule has 1 unspecified atom stereocenters. The van der Waals surface area contributed by atoms with E-state index in [9.17, 15) is 0 Å². The molecule has 1 aromatic heterocycles. The van der Waals surface area contributed by atoms with Gasteiger partial charge in [0.15, 0.2) is 0 Å². The Morgan fingerprint density at radius 1 is 1.29 bits per heavy atom. The molecule has 4 atom stereocenters. The Morgan fingerprint density at radius 3 is 2.88 bits per heavy atom. The Kier molecular flexibility index (Phi) is 4.15. The smallest absolute Gasteiger partial charge is 0.224 e. The molecule has 132 valence electrons. The van der Waals surface area contributed by atoms with Gasteiger partial charge in [0.05, 0.1) is 0 Å². The molecule has 0 radical (unpaired) electrons. The van der Waals surface area contributed by atoms with Gasteiger partial charge in [-0.15, -0.1) is 0 Å². The van der Waals surface area contributed by atoms with Crippen molar-refractivity contribution < 1.29 is 0 Å². The van der Waals surface area contributed by atoms with Gasteiger partial charge >= 0.3 is 0 Å². The summed E-state index contributed by atoms with van der Waals surface area (Å²) in [5.74, 6) is 4.46. The third-order valence-electron chi connectivity index (χ3n) is 7.09. The number of nitrogens with zero attached hydrogens (tertiary/aromatic N) is 3. The van der Waals surface area contributed by atoms with Crippen molar-refractivity contribution in [2.45, 2.75) is 45.6 Å². The second-order valence-corrected chi connectivity index (χ2v) is 8.54. The van der Waals surface area contributed by atoms with Crippen molar-refractivity contribution in [3.63, 3.8) is 0 Å². The Labute approximate surface area is 145 Å². The molecule has 4 fully saturated rings. The Morgan fingerprint density at radius 2 is 2.17 bits per heavy atom. The molecule has 24 heavy (non-hydrogen) atoms. The van der Waals surface area contributed by atoms with E-state index in [1.165, 1.54) is 25.7 Å². The summed E-state index contributed by atoms with van der Waals surface area (Å²) in [7, 11) is 2.04. The number of anilines is 2. The predicted octanol–water partition coefficient (Wildman–Crippen LogP) is 2.76. The first-order valence-corrected chi connectivity index (χ1v) is 9.57. The van der Waals surface area contributed by atoms with E-state index >= 15 is 0 Å². The maximum absolute atomic E-state index is 4.76. The minimum absolute atomic E-state index is 0.547. The highest BCUT2D eigenvalue weighted by Gasteiger charge is 2.53. The van der Waals surface area contributed by atoms with Crippen LogP contribution in [0, 0.1) is 23.2 Å². The molecule has 1 aliphatic heterocycles. The summed E-state index contributed by atoms with van der Waals surface area (Å²) in [6.45, 7) is 8.04. The lowest BCUT2D eigenvalue weighted by Gasteiger charge is -2.60. The number of rotatable bonds is 5. The van der Waals surface area contributed by atoms with Crippen molar-refractivity contribution in [2.75, 3.05) is 36.9 Å². The Hall–Kier alpha value is -1.36. The first-order chi connectivity index (χ1) is 11.6. The molecule has 2 N–H and O–H groups in total. The fraction of sp³-hybridized carbons (Fsp3) is 0.789. The van der Waals surface area contributed by atoms with Gasteiger partial charge in [0.25, 0.3) is 0 Å². The topological polar surface area (TPSA) is 53.1 Å². The fourth-order valence-electron chi connectivity index (χ4n) is 5.24. The number of aromatic nitrogens is 2. The van der Waals surface area contributed by atoms with Crippen LogP contribution in [0.4, 0.5) is 11.8 Å². The van der Waals surface area contributed by atoms with Gasteiger partial charge in [0.1, 0.15) is 5.82 Å². The lowest BCUT2D eigenvalue weighted by molar-refractivity contribution is -0.100. The zero-order chi connectivity index (χ0) is 16.7. The number of fused-ring (bicyclic) bond motifs is 2. The van der Waals surface area contributed by atoms with E-state index in [0.29, 0.717) is 11.5 Å². The van der Waals surface area contributed by atoms with Crippen LogP contribution in [0.5, 0.6) is 0 Å². The molecule has 2 heterocycles. The summed E-state index contributed by atoms with van der Waals surface area (Å²) in [5.41, 5.74) is 0.547. The molecule has 0 amide bonds. The zero-order valence-corrected chi connectivity index (χ0v) is 15.3. The molecular weight excluding hydrogens is 298 g/mol. The van der Waals surface area contributed by atoms with Crippen LogP contribution in [0.3, 0.4) is 0 Å². The number of hydrogen-bond donors (Lipinski definition) is 2. The fourth-order valence-corrected chi connectivity index (χ4v) is 5.24. The van der Waals surface area contributed by atoms with Gasteiger partial charge in [0.2, 0.25) is 5.95 Å². The van der Waals surface area contributed by atoms with Gasteiger partial charge in [0, 0.05) is 31.9 Å². The summed E-state index contributed by atoms with van der Waals surface area (Å²) < 4.78 is 0. The Balaban J connectivity index is 1.36. The molecule has 1 aromatic rings. The standard InChI is InChI=1S/C19H31N5/c1-19(2)14-5-4-13(16(19)10-14)11-22-18-21-8-6-17(23-18)24-9-7-15(12-24)20-3/h6,8,13-16,20H,4-5,7,9-12H2,1-3H3,(H,21,22,23)/t13?,14-,15+,16-/m0/s1. The monoisotopic (exact) mass is 329 g/mol. The van der Waals surface area contributed by atoms with Crippen LogP contribution in [0.1, 0.15) is 39.5 Å². The lowest BCUT2D eigenvalue weighted by Crippen LogP contribution is -2.53. The van der Waals surface area contributed by atoms with Crippen molar-refractivity contribution in [1.29, 1.82) is 0 Å². The molecular formula is C19H31N5. The highest BCUT2D eigenvalue weighted by molar-refractivity contribution is 5.43. The average molecular weight is 329 g/mol. The minimum atomic E-state index is 0.547. The average Bonchev–Trinajstić information content (AvgIpc) is 3.09. The van der Waals surface area contributed by atoms with Crippen LogP contribution < -0.4 is 15.5 Å². The van der Waals surface area contributed by atoms with Gasteiger partial charge in [-0.25, -0.2) is 4.98 Å². The summed E-state index contributed by atoms with van der Waals surface area (Å²) in [6.07, 6.45) is 7.27. The quantitative estimate of drug-likeness (QED) is 0.870. The van der Waals surface area contributed by atoms with E-state index in [1.807, 2.05) is 19.3 Å². The van der Waals surface area contributed by atoms with Crippen LogP contribution in [-0.4, -0.2) is 42.7 Å². The largest absolute Gasteiger partial charge is 0.355 e. The van der Waals surface area contributed by atoms with Crippen LogP contribution in [0.25, 0.3) is 0 Å². The highest BCUT2D eigenvalue weighted by atomic mass is 15.3. The summed E-state index contributed by atoms with van der Waals surface area (Å²) in [4.78, 5) is 11.6. The SMILES string of the molecule is CN[C@@H]1CCN(c2ccnc(NCC3CC[C@H]4C[C@@H]3C4(C)C)n2)C1. The van der Waals surface area contributed by atoms with Gasteiger partial charge in [-0.1, -0.05) is 13.8 Å². The van der Waals surface area contributed by atoms with Crippen molar-refractivity contribution in [3.05, 3.63) is 12.3 Å². The second-order valence-electron chi connectivity index (χ2n) is 8.54. The number of likely N-dealkylation sites (N-methyl/N-ethyl adjacent to an activating group) is 1. The minimum Gasteiger partial charge on any atom is -0.355 e. The van der Waals surface area contributed by atoms with Crippen molar-refractivity contribution in [2.24, 2.45) is 23.2 Å². The van der Waals surface area contributed by atoms with E-state index < -0.39 is 0 Å². The maximum Gasteiger partial charge on any atom is 0.224 e. The molecule has 1 saturated heterocycles. The van der Waals surface area contributed by atoms with E-state index in [2.05, 4.69) is 34.4 Å². The first kappa shape index (κ1) is 16.1. The number of hydrogen-bond acceptors (Lipinski definition) is 5. The summed E-state index contributed by atoms with van der Waals surface area (Å²) in [5, 5.41) is 6.89. The third kappa shape index (κ3) is 2.77. The van der Waals surface area contributed by atoms with E-state index in [-0.39, 0.29) is 0 Å². The third-order valence-corrected chi connectivity index (χ3v) is 7.09. The van der Waals surface area contributed by atoms with Gasteiger partial charge < -0.3 is 15.5 Å². The predicted molar refractivity (Wildman–Crippen MR) is 98.3 cm³/mol. The molecule has 5 nitrogen and oxygen atoms in total. The van der Waals surface area contributed by atoms with Crippen LogP contribution in [0.2, 0.25) is 0 Å². The van der Waals surface area contributed by atoms with Crippen LogP contribution in [0.15, 0.2) is 12.3 Å². The van der Waals surface area contributed by atoms with E-state index in [0.717, 1.165) is 49.2 Å². The number of nitrogens with one attached hydrogen (secondary N) is 2. The van der Waals surface area contributed by atoms with Gasteiger partial charge in [-0.2, -0.15) is 4.98 Å². The molecule has 0 aromatic carbocycles. The van der Waals surface area contributed by atoms with Crippen molar-refractivity contribution >= 4 is 11.8 Å². The van der Waals surface area contributed by atoms with E-state index in [4.69, 9.17) is 4.98 Å². The molecule has 3 saturated carbocycles. The molecule has 2 bridgehead atoms. The molecule has 4 aliphatic rings. The van der Waals surface area contributed by atoms with Gasteiger partial charge in [-0.05, 0) is 62.0 Å². The highest BCUT2D eigenvalue weighted by Crippen LogP contribution is 2.61. The second kappa shape index (κ2) is 6.17. The van der Waals surface area contributed by atoms with E-state index in [1.54, 1.807) is 0 Å². The molecule has 5 rings (SSSR count). The maximum atomic E-state index is 4.76. The molecule has 3 aliphatic carbocycles. The first-order valence-electron chi connectivity index (χ1n) is 9.57. The van der Waals surface area contributed by atoms with Crippen molar-refractivity contribution in [1.82, 2.24) is 15.3 Å². The van der Waals surface area contributed by atoms with Crippen LogP contribution in [-0.2, 0) is 0 Å². The normalized spacial score (nSPS) is 34.0. The summed E-state index contributed by atoms with van der Waals surface area (Å²) >= 11 is 0. The van der Waals surface area contributed by atoms with Crippen LogP contribution >= 0.6 is 0 Å².